The molecule has 1 atom stereocenters. The van der Waals surface area contributed by atoms with Crippen molar-refractivity contribution in [2.75, 3.05) is 0 Å². The molecule has 2 heteroatoms. The van der Waals surface area contributed by atoms with Gasteiger partial charge < -0.3 is 5.11 Å². The molecule has 0 aromatic heterocycles. The third-order valence-electron chi connectivity index (χ3n) is 3.59. The summed E-state index contributed by atoms with van der Waals surface area (Å²) in [5, 5.41) is 11.7. The Hall–Kier alpha value is -1.41. The maximum absolute atomic E-state index is 13.7. The quantitative estimate of drug-likeness (QED) is 0.726. The van der Waals surface area contributed by atoms with Gasteiger partial charge >= 0.3 is 0 Å². The standard InChI is InChI=1S/C17H21FO/c1-2-3-4-5-10-17(19)15-11-12-16(18)14-9-7-6-8-13(14)15/h6-9,11-12,17,19H,2-5,10H2,1H3. The highest BCUT2D eigenvalue weighted by molar-refractivity contribution is 5.86. The second-order valence-corrected chi connectivity index (χ2v) is 5.05. The highest BCUT2D eigenvalue weighted by atomic mass is 19.1. The summed E-state index contributed by atoms with van der Waals surface area (Å²) in [5.74, 6) is -0.225. The number of aliphatic hydroxyl groups is 1. The fourth-order valence-corrected chi connectivity index (χ4v) is 2.50. The molecular weight excluding hydrogens is 239 g/mol. The van der Waals surface area contributed by atoms with Crippen molar-refractivity contribution in [2.24, 2.45) is 0 Å². The maximum atomic E-state index is 13.7. The maximum Gasteiger partial charge on any atom is 0.131 e. The third-order valence-corrected chi connectivity index (χ3v) is 3.59. The zero-order valence-corrected chi connectivity index (χ0v) is 11.4. The Kier molecular flexibility index (Phi) is 4.92. The van der Waals surface area contributed by atoms with Crippen LogP contribution in [0.25, 0.3) is 10.8 Å². The third kappa shape index (κ3) is 3.32. The van der Waals surface area contributed by atoms with Crippen LogP contribution >= 0.6 is 0 Å². The van der Waals surface area contributed by atoms with Crippen LogP contribution in [0.4, 0.5) is 4.39 Å². The highest BCUT2D eigenvalue weighted by Gasteiger charge is 2.12. The molecular formula is C17H21FO. The van der Waals surface area contributed by atoms with Gasteiger partial charge in [-0.15, -0.1) is 0 Å². The van der Waals surface area contributed by atoms with E-state index in [9.17, 15) is 9.50 Å². The first-order chi connectivity index (χ1) is 9.24. The normalized spacial score (nSPS) is 12.8. The molecule has 0 amide bonds. The first kappa shape index (κ1) is 14.0. The van der Waals surface area contributed by atoms with Gasteiger partial charge in [-0.2, -0.15) is 0 Å². The smallest absolute Gasteiger partial charge is 0.131 e. The minimum Gasteiger partial charge on any atom is -0.388 e. The van der Waals surface area contributed by atoms with Crippen molar-refractivity contribution in [3.05, 3.63) is 47.8 Å². The SMILES string of the molecule is CCCCCCC(O)c1ccc(F)c2ccccc12. The van der Waals surface area contributed by atoms with E-state index in [0.717, 1.165) is 30.2 Å². The van der Waals surface area contributed by atoms with E-state index >= 15 is 0 Å². The van der Waals surface area contributed by atoms with Crippen LogP contribution in [-0.4, -0.2) is 5.11 Å². The number of benzene rings is 2. The monoisotopic (exact) mass is 260 g/mol. The summed E-state index contributed by atoms with van der Waals surface area (Å²) < 4.78 is 13.7. The molecule has 0 radical (unpaired) electrons. The first-order valence-electron chi connectivity index (χ1n) is 7.09. The van der Waals surface area contributed by atoms with Crippen molar-refractivity contribution in [3.63, 3.8) is 0 Å². The number of fused-ring (bicyclic) bond motifs is 1. The molecule has 0 spiro atoms. The zero-order valence-electron chi connectivity index (χ0n) is 11.4. The largest absolute Gasteiger partial charge is 0.388 e. The summed E-state index contributed by atoms with van der Waals surface area (Å²) in [5.41, 5.74) is 0.841. The van der Waals surface area contributed by atoms with Crippen molar-refractivity contribution < 1.29 is 9.50 Å². The predicted octanol–water partition coefficient (Wildman–Crippen LogP) is 4.98. The number of halogens is 1. The lowest BCUT2D eigenvalue weighted by molar-refractivity contribution is 0.165. The minimum absolute atomic E-state index is 0.225. The van der Waals surface area contributed by atoms with E-state index in [-0.39, 0.29) is 5.82 Å². The lowest BCUT2D eigenvalue weighted by Crippen LogP contribution is -1.99. The molecule has 0 aliphatic heterocycles. The van der Waals surface area contributed by atoms with Gasteiger partial charge in [-0.3, -0.25) is 0 Å². The van der Waals surface area contributed by atoms with Crippen LogP contribution in [-0.2, 0) is 0 Å². The second kappa shape index (κ2) is 6.67. The van der Waals surface area contributed by atoms with Crippen molar-refractivity contribution in [2.45, 2.75) is 45.1 Å². The first-order valence-corrected chi connectivity index (χ1v) is 7.09. The van der Waals surface area contributed by atoms with Gasteiger partial charge in [-0.05, 0) is 23.4 Å². The lowest BCUT2D eigenvalue weighted by Gasteiger charge is -2.14. The van der Waals surface area contributed by atoms with Crippen LogP contribution in [0.5, 0.6) is 0 Å². The summed E-state index contributed by atoms with van der Waals surface area (Å²) in [6.45, 7) is 2.17. The fourth-order valence-electron chi connectivity index (χ4n) is 2.50. The van der Waals surface area contributed by atoms with Crippen LogP contribution in [0, 0.1) is 5.82 Å². The molecule has 0 aliphatic carbocycles. The average Bonchev–Trinajstić information content (AvgIpc) is 2.44. The summed E-state index contributed by atoms with van der Waals surface area (Å²) in [4.78, 5) is 0. The Morgan fingerprint density at radius 2 is 1.74 bits per heavy atom. The Labute approximate surface area is 114 Å². The van der Waals surface area contributed by atoms with Crippen LogP contribution in [0.2, 0.25) is 0 Å². The number of hydrogen-bond donors (Lipinski definition) is 1. The molecule has 0 fully saturated rings. The van der Waals surface area contributed by atoms with Gasteiger partial charge in [0.05, 0.1) is 6.10 Å². The Bertz CT molecular complexity index is 536. The summed E-state index contributed by atoms with van der Waals surface area (Å²) in [6, 6.07) is 10.5. The molecule has 0 saturated carbocycles. The van der Waals surface area contributed by atoms with E-state index in [1.807, 2.05) is 18.2 Å². The molecule has 0 bridgehead atoms. The molecule has 0 aliphatic rings. The van der Waals surface area contributed by atoms with E-state index in [2.05, 4.69) is 6.92 Å². The van der Waals surface area contributed by atoms with E-state index in [1.54, 1.807) is 12.1 Å². The highest BCUT2D eigenvalue weighted by Crippen LogP contribution is 2.29. The minimum atomic E-state index is -0.498. The van der Waals surface area contributed by atoms with Gasteiger partial charge in [-0.1, -0.05) is 62.9 Å². The molecule has 1 unspecified atom stereocenters. The van der Waals surface area contributed by atoms with Crippen molar-refractivity contribution in [1.29, 1.82) is 0 Å². The molecule has 1 nitrogen and oxygen atoms in total. The molecule has 2 aromatic rings. The number of aliphatic hydroxyl groups excluding tert-OH is 1. The predicted molar refractivity (Wildman–Crippen MR) is 77.6 cm³/mol. The van der Waals surface area contributed by atoms with Crippen LogP contribution in [0.1, 0.15) is 50.7 Å². The van der Waals surface area contributed by atoms with Gasteiger partial charge in [0.1, 0.15) is 5.82 Å². The van der Waals surface area contributed by atoms with E-state index in [0.29, 0.717) is 5.39 Å². The number of unbranched alkanes of at least 4 members (excludes halogenated alkanes) is 3. The molecule has 2 aromatic carbocycles. The van der Waals surface area contributed by atoms with Crippen LogP contribution in [0.3, 0.4) is 0 Å². The molecule has 19 heavy (non-hydrogen) atoms. The summed E-state index contributed by atoms with van der Waals surface area (Å²) in [6.07, 6.45) is 4.80. The Morgan fingerprint density at radius 1 is 1.00 bits per heavy atom. The number of hydrogen-bond acceptors (Lipinski definition) is 1. The molecule has 102 valence electrons. The van der Waals surface area contributed by atoms with Gasteiger partial charge in [-0.25, -0.2) is 4.39 Å². The van der Waals surface area contributed by atoms with Crippen LogP contribution < -0.4 is 0 Å². The molecule has 1 N–H and O–H groups in total. The van der Waals surface area contributed by atoms with Gasteiger partial charge in [0.2, 0.25) is 0 Å². The topological polar surface area (TPSA) is 20.2 Å². The lowest BCUT2D eigenvalue weighted by atomic mass is 9.96. The average molecular weight is 260 g/mol. The van der Waals surface area contributed by atoms with Gasteiger partial charge in [0.15, 0.2) is 0 Å². The summed E-state index contributed by atoms with van der Waals surface area (Å²) in [7, 11) is 0. The van der Waals surface area contributed by atoms with Crippen molar-refractivity contribution >= 4 is 10.8 Å². The van der Waals surface area contributed by atoms with E-state index in [1.165, 1.54) is 18.9 Å². The number of rotatable bonds is 6. The molecule has 2 rings (SSSR count). The van der Waals surface area contributed by atoms with Crippen LogP contribution in [0.15, 0.2) is 36.4 Å². The van der Waals surface area contributed by atoms with E-state index < -0.39 is 6.10 Å². The van der Waals surface area contributed by atoms with Gasteiger partial charge in [0, 0.05) is 5.39 Å². The Balaban J connectivity index is 2.18. The van der Waals surface area contributed by atoms with Gasteiger partial charge in [0.25, 0.3) is 0 Å². The van der Waals surface area contributed by atoms with Crippen molar-refractivity contribution in [1.82, 2.24) is 0 Å². The van der Waals surface area contributed by atoms with Crippen molar-refractivity contribution in [3.8, 4) is 0 Å². The molecule has 0 saturated heterocycles. The molecule has 0 heterocycles. The zero-order chi connectivity index (χ0) is 13.7. The summed E-state index contributed by atoms with van der Waals surface area (Å²) >= 11 is 0. The fraction of sp³-hybridized carbons (Fsp3) is 0.412. The Morgan fingerprint density at radius 3 is 2.47 bits per heavy atom. The second-order valence-electron chi connectivity index (χ2n) is 5.05. The van der Waals surface area contributed by atoms with E-state index in [4.69, 9.17) is 0 Å².